The van der Waals surface area contributed by atoms with Crippen LogP contribution in [0.15, 0.2) is 24.3 Å². The predicted octanol–water partition coefficient (Wildman–Crippen LogP) is 1.13. The van der Waals surface area contributed by atoms with Crippen LogP contribution in [0.2, 0.25) is 0 Å². The molecule has 3 rings (SSSR count). The van der Waals surface area contributed by atoms with Crippen molar-refractivity contribution < 1.29 is 23.9 Å². The Hall–Kier alpha value is -2.70. The Bertz CT molecular complexity index is 706. The van der Waals surface area contributed by atoms with Gasteiger partial charge in [0.1, 0.15) is 6.04 Å². The van der Waals surface area contributed by atoms with E-state index in [1.807, 2.05) is 6.92 Å². The summed E-state index contributed by atoms with van der Waals surface area (Å²) in [6, 6.07) is 5.35. The largest absolute Gasteiger partial charge is 0.454 e. The lowest BCUT2D eigenvalue weighted by Gasteiger charge is -2.21. The second kappa shape index (κ2) is 6.66. The molecule has 1 fully saturated rings. The molecule has 0 spiro atoms. The fourth-order valence-corrected chi connectivity index (χ4v) is 2.93. The zero-order valence-corrected chi connectivity index (χ0v) is 14.2. The fraction of sp³-hybridized carbons (Fsp3) is 0.444. The first-order valence-corrected chi connectivity index (χ1v) is 8.33. The van der Waals surface area contributed by atoms with Gasteiger partial charge < -0.3 is 10.1 Å². The van der Waals surface area contributed by atoms with Crippen molar-refractivity contribution >= 4 is 23.7 Å². The lowest BCUT2D eigenvalue weighted by molar-refractivity contribution is -0.152. The van der Waals surface area contributed by atoms with Gasteiger partial charge in [0.2, 0.25) is 0 Å². The van der Waals surface area contributed by atoms with Crippen molar-refractivity contribution in [1.82, 2.24) is 10.2 Å². The van der Waals surface area contributed by atoms with E-state index in [0.717, 1.165) is 17.7 Å². The molecule has 132 valence electrons. The summed E-state index contributed by atoms with van der Waals surface area (Å²) < 4.78 is 4.98. The monoisotopic (exact) mass is 344 g/mol. The fourth-order valence-electron chi connectivity index (χ4n) is 2.93. The van der Waals surface area contributed by atoms with Crippen molar-refractivity contribution in [2.75, 3.05) is 6.61 Å². The van der Waals surface area contributed by atoms with Crippen molar-refractivity contribution in [1.29, 1.82) is 0 Å². The molecule has 7 heteroatoms. The van der Waals surface area contributed by atoms with E-state index in [9.17, 15) is 19.2 Å². The van der Waals surface area contributed by atoms with Crippen LogP contribution in [-0.4, -0.2) is 47.3 Å². The Morgan fingerprint density at radius 3 is 2.24 bits per heavy atom. The maximum Gasteiger partial charge on any atom is 0.329 e. The third-order valence-corrected chi connectivity index (χ3v) is 4.62. The first kappa shape index (κ1) is 17.1. The number of amides is 3. The number of nitrogens with one attached hydrogen (secondary N) is 1. The molecule has 2 atom stereocenters. The molecule has 2 aliphatic rings. The second-order valence-electron chi connectivity index (χ2n) is 6.50. The number of ether oxygens (including phenoxy) is 1. The number of hydrogen-bond donors (Lipinski definition) is 1. The van der Waals surface area contributed by atoms with Crippen molar-refractivity contribution in [3.8, 4) is 0 Å². The highest BCUT2D eigenvalue weighted by Crippen LogP contribution is 2.32. The van der Waals surface area contributed by atoms with Gasteiger partial charge in [0.05, 0.1) is 11.1 Å². The SMILES string of the molecule is C[C@H](C(=O)OCC(=O)N[C@H](C)C1CC1)N1C(=O)c2ccccc2C1=O. The molecule has 1 N–H and O–H groups in total. The summed E-state index contributed by atoms with van der Waals surface area (Å²) in [5, 5.41) is 2.77. The molecular formula is C18H20N2O5. The number of carbonyl (C=O) groups is 4. The molecule has 0 radical (unpaired) electrons. The van der Waals surface area contributed by atoms with Crippen molar-refractivity contribution in [3.63, 3.8) is 0 Å². The minimum Gasteiger partial charge on any atom is -0.454 e. The molecule has 1 aliphatic heterocycles. The third kappa shape index (κ3) is 3.40. The zero-order valence-electron chi connectivity index (χ0n) is 14.2. The Morgan fingerprint density at radius 1 is 1.16 bits per heavy atom. The molecule has 7 nitrogen and oxygen atoms in total. The summed E-state index contributed by atoms with van der Waals surface area (Å²) in [5.41, 5.74) is 0.534. The number of esters is 1. The molecule has 0 aromatic heterocycles. The summed E-state index contributed by atoms with van der Waals surface area (Å²) in [4.78, 5) is 49.5. The Labute approximate surface area is 145 Å². The molecule has 25 heavy (non-hydrogen) atoms. The van der Waals surface area contributed by atoms with E-state index in [2.05, 4.69) is 5.32 Å². The molecule has 1 aliphatic carbocycles. The van der Waals surface area contributed by atoms with Crippen LogP contribution in [0.1, 0.15) is 47.4 Å². The molecule has 1 saturated carbocycles. The topological polar surface area (TPSA) is 92.8 Å². The minimum absolute atomic E-state index is 0.0554. The summed E-state index contributed by atoms with van der Waals surface area (Å²) in [5.74, 6) is -1.74. The van der Waals surface area contributed by atoms with Crippen LogP contribution >= 0.6 is 0 Å². The van der Waals surface area contributed by atoms with Crippen LogP contribution in [-0.2, 0) is 14.3 Å². The molecule has 0 saturated heterocycles. The highest BCUT2D eigenvalue weighted by Gasteiger charge is 2.41. The average molecular weight is 344 g/mol. The van der Waals surface area contributed by atoms with Crippen LogP contribution in [0.25, 0.3) is 0 Å². The normalized spacial score (nSPS) is 18.6. The van der Waals surface area contributed by atoms with Gasteiger partial charge in [-0.1, -0.05) is 12.1 Å². The van der Waals surface area contributed by atoms with Gasteiger partial charge in [0.25, 0.3) is 17.7 Å². The summed E-state index contributed by atoms with van der Waals surface area (Å²) in [6.45, 7) is 2.90. The van der Waals surface area contributed by atoms with Crippen LogP contribution in [0.3, 0.4) is 0 Å². The average Bonchev–Trinajstić information content (AvgIpc) is 3.41. The van der Waals surface area contributed by atoms with Crippen molar-refractivity contribution in [2.24, 2.45) is 5.92 Å². The number of rotatable bonds is 6. The number of nitrogens with zero attached hydrogens (tertiary/aromatic N) is 1. The van der Waals surface area contributed by atoms with E-state index < -0.39 is 30.4 Å². The Kier molecular flexibility index (Phi) is 4.57. The zero-order chi connectivity index (χ0) is 18.1. The van der Waals surface area contributed by atoms with Gasteiger partial charge in [-0.15, -0.1) is 0 Å². The van der Waals surface area contributed by atoms with Gasteiger partial charge in [-0.05, 0) is 44.7 Å². The molecule has 1 aromatic rings. The van der Waals surface area contributed by atoms with Crippen LogP contribution in [0.4, 0.5) is 0 Å². The molecule has 1 aromatic carbocycles. The molecular weight excluding hydrogens is 324 g/mol. The summed E-state index contributed by atoms with van der Waals surface area (Å²) in [7, 11) is 0. The lowest BCUT2D eigenvalue weighted by atomic mass is 10.1. The van der Waals surface area contributed by atoms with E-state index in [1.54, 1.807) is 24.3 Å². The van der Waals surface area contributed by atoms with Crippen molar-refractivity contribution in [2.45, 2.75) is 38.8 Å². The minimum atomic E-state index is -1.10. The summed E-state index contributed by atoms with van der Waals surface area (Å²) >= 11 is 0. The van der Waals surface area contributed by atoms with Gasteiger partial charge >= 0.3 is 5.97 Å². The van der Waals surface area contributed by atoms with Gasteiger partial charge in [-0.3, -0.25) is 19.3 Å². The van der Waals surface area contributed by atoms with Crippen LogP contribution in [0.5, 0.6) is 0 Å². The molecule has 1 heterocycles. The number of hydrogen-bond acceptors (Lipinski definition) is 5. The van der Waals surface area contributed by atoms with E-state index in [-0.39, 0.29) is 23.1 Å². The Balaban J connectivity index is 1.57. The van der Waals surface area contributed by atoms with Gasteiger partial charge in [-0.2, -0.15) is 0 Å². The lowest BCUT2D eigenvalue weighted by Crippen LogP contribution is -2.45. The first-order valence-electron chi connectivity index (χ1n) is 8.33. The van der Waals surface area contributed by atoms with Crippen LogP contribution in [0, 0.1) is 5.92 Å². The number of benzene rings is 1. The third-order valence-electron chi connectivity index (χ3n) is 4.62. The second-order valence-corrected chi connectivity index (χ2v) is 6.50. The maximum atomic E-state index is 12.3. The number of imide groups is 1. The van der Waals surface area contributed by atoms with Gasteiger partial charge in [0.15, 0.2) is 6.61 Å². The van der Waals surface area contributed by atoms with E-state index in [0.29, 0.717) is 5.92 Å². The number of fused-ring (bicyclic) bond motifs is 1. The maximum absolute atomic E-state index is 12.3. The van der Waals surface area contributed by atoms with Gasteiger partial charge in [-0.25, -0.2) is 4.79 Å². The van der Waals surface area contributed by atoms with E-state index in [4.69, 9.17) is 4.74 Å². The molecule has 0 bridgehead atoms. The molecule has 3 amide bonds. The van der Waals surface area contributed by atoms with Crippen molar-refractivity contribution in [3.05, 3.63) is 35.4 Å². The smallest absolute Gasteiger partial charge is 0.329 e. The van der Waals surface area contributed by atoms with Gasteiger partial charge in [0, 0.05) is 6.04 Å². The predicted molar refractivity (Wildman–Crippen MR) is 87.7 cm³/mol. The first-order chi connectivity index (χ1) is 11.9. The molecule has 0 unspecified atom stereocenters. The summed E-state index contributed by atoms with van der Waals surface area (Å²) in [6.07, 6.45) is 2.19. The number of carbonyl (C=O) groups excluding carboxylic acids is 4. The quantitative estimate of drug-likeness (QED) is 0.617. The van der Waals surface area contributed by atoms with E-state index in [1.165, 1.54) is 6.92 Å². The van der Waals surface area contributed by atoms with Crippen LogP contribution < -0.4 is 5.32 Å². The highest BCUT2D eigenvalue weighted by molar-refractivity contribution is 6.22. The van der Waals surface area contributed by atoms with E-state index >= 15 is 0 Å². The standard InChI is InChI=1S/C18H20N2O5/c1-10(12-7-8-12)19-15(21)9-25-18(24)11(2)20-16(22)13-5-3-4-6-14(13)17(20)23/h3-6,10-12H,7-9H2,1-2H3,(H,19,21)/t10-,11-/m1/s1. The highest BCUT2D eigenvalue weighted by atomic mass is 16.5. The Morgan fingerprint density at radius 2 is 1.72 bits per heavy atom.